The fourth-order valence-electron chi connectivity index (χ4n) is 2.95. The minimum Gasteiger partial charge on any atom is -0.506 e. The summed E-state index contributed by atoms with van der Waals surface area (Å²) in [5, 5.41) is 23.4. The summed E-state index contributed by atoms with van der Waals surface area (Å²) in [5.74, 6) is -1.52. The number of benzene rings is 1. The molecule has 0 bridgehead atoms. The Morgan fingerprint density at radius 3 is 2.62 bits per heavy atom. The van der Waals surface area contributed by atoms with Gasteiger partial charge in [0.2, 0.25) is 5.76 Å². The number of fused-ring (bicyclic) bond motifs is 1. The predicted molar refractivity (Wildman–Crippen MR) is 77.0 cm³/mol. The van der Waals surface area contributed by atoms with Gasteiger partial charge in [-0.05, 0) is 49.3 Å². The Labute approximate surface area is 126 Å². The van der Waals surface area contributed by atoms with E-state index in [1.54, 1.807) is 0 Å². The first-order valence-electron chi connectivity index (χ1n) is 6.74. The van der Waals surface area contributed by atoms with Crippen molar-refractivity contribution in [1.29, 1.82) is 0 Å². The van der Waals surface area contributed by atoms with Crippen molar-refractivity contribution in [3.63, 3.8) is 0 Å². The van der Waals surface area contributed by atoms with Crippen molar-refractivity contribution in [1.82, 2.24) is 5.16 Å². The van der Waals surface area contributed by atoms with Gasteiger partial charge in [0.05, 0.1) is 10.6 Å². The number of phenolic OH excluding ortho intramolecular Hbond substituents is 1. The summed E-state index contributed by atoms with van der Waals surface area (Å²) in [6.45, 7) is 1.89. The zero-order valence-corrected chi connectivity index (χ0v) is 12.2. The molecular formula is C15H14ClNO4. The van der Waals surface area contributed by atoms with Gasteiger partial charge in [0, 0.05) is 6.07 Å². The van der Waals surface area contributed by atoms with E-state index in [2.05, 4.69) is 5.16 Å². The Morgan fingerprint density at radius 1 is 1.33 bits per heavy atom. The van der Waals surface area contributed by atoms with Crippen LogP contribution in [0, 0.1) is 6.92 Å². The second kappa shape index (κ2) is 5.07. The topological polar surface area (TPSA) is 83.6 Å². The van der Waals surface area contributed by atoms with Crippen LogP contribution in [0.5, 0.6) is 5.75 Å². The normalized spacial score (nSPS) is 14.0. The van der Waals surface area contributed by atoms with Crippen LogP contribution in [0.15, 0.2) is 10.6 Å². The van der Waals surface area contributed by atoms with Crippen LogP contribution in [0.4, 0.5) is 0 Å². The molecule has 1 aromatic heterocycles. The van der Waals surface area contributed by atoms with Gasteiger partial charge in [-0.3, -0.25) is 0 Å². The number of aromatic nitrogens is 1. The van der Waals surface area contributed by atoms with Gasteiger partial charge < -0.3 is 14.7 Å². The number of hydrogen-bond donors (Lipinski definition) is 2. The predicted octanol–water partition coefficient (Wildman–Crippen LogP) is 3.59. The van der Waals surface area contributed by atoms with Gasteiger partial charge in [-0.25, -0.2) is 4.79 Å². The smallest absolute Gasteiger partial charge is 0.374 e. The molecule has 1 aliphatic carbocycles. The molecule has 0 saturated heterocycles. The second-order valence-electron chi connectivity index (χ2n) is 5.21. The van der Waals surface area contributed by atoms with E-state index in [4.69, 9.17) is 21.2 Å². The molecule has 1 aromatic carbocycles. The van der Waals surface area contributed by atoms with Crippen LogP contribution in [0.2, 0.25) is 5.02 Å². The van der Waals surface area contributed by atoms with E-state index in [1.165, 1.54) is 6.07 Å². The molecule has 1 aliphatic rings. The van der Waals surface area contributed by atoms with Crippen LogP contribution in [0.25, 0.3) is 11.3 Å². The molecule has 0 unspecified atom stereocenters. The Hall–Kier alpha value is -2.01. The summed E-state index contributed by atoms with van der Waals surface area (Å²) in [4.78, 5) is 10.9. The highest BCUT2D eigenvalue weighted by molar-refractivity contribution is 6.33. The van der Waals surface area contributed by atoms with Gasteiger partial charge in [-0.15, -0.1) is 0 Å². The van der Waals surface area contributed by atoms with Crippen molar-refractivity contribution in [2.24, 2.45) is 0 Å². The Morgan fingerprint density at radius 2 is 2.00 bits per heavy atom. The molecule has 5 nitrogen and oxygen atoms in total. The maximum absolute atomic E-state index is 10.9. The number of carbonyl (C=O) groups is 1. The minimum atomic E-state index is -1.20. The standard InChI is InChI=1S/C15H14ClNO4/c1-7-8-4-2-3-5-9(8)13(16)14(18)12(7)10-6-11(15(19)20)21-17-10/h6,18H,2-5H2,1H3,(H,19,20). The van der Waals surface area contributed by atoms with Gasteiger partial charge in [0.1, 0.15) is 11.4 Å². The van der Waals surface area contributed by atoms with Gasteiger partial charge in [-0.1, -0.05) is 16.8 Å². The van der Waals surface area contributed by atoms with Crippen LogP contribution in [-0.2, 0) is 12.8 Å². The van der Waals surface area contributed by atoms with Gasteiger partial charge in [0.15, 0.2) is 0 Å². The molecule has 0 radical (unpaired) electrons. The maximum Gasteiger partial charge on any atom is 0.374 e. The van der Waals surface area contributed by atoms with Crippen molar-refractivity contribution >= 4 is 17.6 Å². The van der Waals surface area contributed by atoms with Gasteiger partial charge in [0.25, 0.3) is 0 Å². The quantitative estimate of drug-likeness (QED) is 0.886. The summed E-state index contributed by atoms with van der Waals surface area (Å²) < 4.78 is 4.77. The second-order valence-corrected chi connectivity index (χ2v) is 5.59. The van der Waals surface area contributed by atoms with E-state index >= 15 is 0 Å². The first kappa shape index (κ1) is 13.9. The summed E-state index contributed by atoms with van der Waals surface area (Å²) >= 11 is 6.28. The molecule has 21 heavy (non-hydrogen) atoms. The zero-order valence-electron chi connectivity index (χ0n) is 11.4. The summed E-state index contributed by atoms with van der Waals surface area (Å²) in [5.41, 5.74) is 3.74. The molecule has 0 amide bonds. The van der Waals surface area contributed by atoms with Crippen LogP contribution < -0.4 is 0 Å². The molecule has 0 atom stereocenters. The first-order chi connectivity index (χ1) is 10.0. The highest BCUT2D eigenvalue weighted by Gasteiger charge is 2.25. The molecule has 110 valence electrons. The number of aromatic hydroxyl groups is 1. The lowest BCUT2D eigenvalue weighted by Gasteiger charge is -2.22. The number of phenols is 1. The fraction of sp³-hybridized carbons (Fsp3) is 0.333. The van der Waals surface area contributed by atoms with E-state index in [0.717, 1.165) is 42.4 Å². The fourth-order valence-corrected chi connectivity index (χ4v) is 3.25. The van der Waals surface area contributed by atoms with E-state index in [-0.39, 0.29) is 17.2 Å². The molecular weight excluding hydrogens is 294 g/mol. The lowest BCUT2D eigenvalue weighted by molar-refractivity contribution is 0.0652. The number of carboxylic acid groups (broad SMARTS) is 1. The van der Waals surface area contributed by atoms with Crippen LogP contribution in [0.3, 0.4) is 0 Å². The summed E-state index contributed by atoms with van der Waals surface area (Å²) in [7, 11) is 0. The largest absolute Gasteiger partial charge is 0.506 e. The molecule has 0 aliphatic heterocycles. The average Bonchev–Trinajstić information content (AvgIpc) is 2.95. The van der Waals surface area contributed by atoms with Crippen molar-refractivity contribution in [3.05, 3.63) is 33.5 Å². The van der Waals surface area contributed by atoms with Crippen molar-refractivity contribution in [3.8, 4) is 17.0 Å². The van der Waals surface area contributed by atoms with Crippen molar-refractivity contribution < 1.29 is 19.5 Å². The van der Waals surface area contributed by atoms with Crippen molar-refractivity contribution in [2.75, 3.05) is 0 Å². The van der Waals surface area contributed by atoms with E-state index < -0.39 is 5.97 Å². The van der Waals surface area contributed by atoms with Crippen molar-refractivity contribution in [2.45, 2.75) is 32.6 Å². The monoisotopic (exact) mass is 307 g/mol. The molecule has 2 aromatic rings. The maximum atomic E-state index is 10.9. The van der Waals surface area contributed by atoms with Crippen LogP contribution in [0.1, 0.15) is 40.1 Å². The lowest BCUT2D eigenvalue weighted by atomic mass is 9.85. The average molecular weight is 308 g/mol. The Bertz CT molecular complexity index is 736. The van der Waals surface area contributed by atoms with Gasteiger partial charge in [-0.2, -0.15) is 0 Å². The molecule has 0 spiro atoms. The Balaban J connectivity index is 2.22. The highest BCUT2D eigenvalue weighted by atomic mass is 35.5. The first-order valence-corrected chi connectivity index (χ1v) is 7.11. The third kappa shape index (κ3) is 2.17. The Kier molecular flexibility index (Phi) is 3.37. The number of halogens is 1. The number of rotatable bonds is 2. The summed E-state index contributed by atoms with van der Waals surface area (Å²) in [6, 6.07) is 1.30. The molecule has 1 heterocycles. The molecule has 0 fully saturated rings. The SMILES string of the molecule is Cc1c2c(c(Cl)c(O)c1-c1cc(C(=O)O)on1)CCCC2. The minimum absolute atomic E-state index is 0.0555. The number of nitrogens with zero attached hydrogens (tertiary/aromatic N) is 1. The molecule has 2 N–H and O–H groups in total. The number of carboxylic acids is 1. The lowest BCUT2D eigenvalue weighted by Crippen LogP contribution is -2.07. The third-order valence-electron chi connectivity index (χ3n) is 3.98. The third-order valence-corrected chi connectivity index (χ3v) is 4.39. The zero-order chi connectivity index (χ0) is 15.1. The van der Waals surface area contributed by atoms with E-state index in [9.17, 15) is 9.90 Å². The number of hydrogen-bond acceptors (Lipinski definition) is 4. The van der Waals surface area contributed by atoms with E-state index in [0.29, 0.717) is 10.6 Å². The van der Waals surface area contributed by atoms with Crippen LogP contribution >= 0.6 is 11.6 Å². The van der Waals surface area contributed by atoms with E-state index in [1.807, 2.05) is 6.92 Å². The molecule has 3 rings (SSSR count). The highest BCUT2D eigenvalue weighted by Crippen LogP contribution is 2.44. The molecule has 0 saturated carbocycles. The summed E-state index contributed by atoms with van der Waals surface area (Å²) in [6.07, 6.45) is 3.88. The van der Waals surface area contributed by atoms with Gasteiger partial charge >= 0.3 is 5.97 Å². The van der Waals surface area contributed by atoms with Crippen LogP contribution in [-0.4, -0.2) is 21.3 Å². The molecule has 6 heteroatoms. The number of aromatic carboxylic acids is 1.